The minimum Gasteiger partial charge on any atom is -0.465 e. The van der Waals surface area contributed by atoms with Crippen molar-refractivity contribution in [3.8, 4) is 0 Å². The van der Waals surface area contributed by atoms with Gasteiger partial charge in [0.25, 0.3) is 5.91 Å². The molecule has 234 valence electrons. The Bertz CT molecular complexity index is 1380. The molecule has 2 aromatic carbocycles. The first-order chi connectivity index (χ1) is 21.3. The third-order valence-electron chi connectivity index (χ3n) is 9.54. The number of anilines is 1. The first kappa shape index (κ1) is 31.9. The van der Waals surface area contributed by atoms with Gasteiger partial charge in [0, 0.05) is 17.3 Å². The molecule has 0 radical (unpaired) electrons. The third kappa shape index (κ3) is 5.48. The van der Waals surface area contributed by atoms with Crippen molar-refractivity contribution in [2.75, 3.05) is 24.7 Å². The highest BCUT2D eigenvalue weighted by Gasteiger charge is 2.79. The van der Waals surface area contributed by atoms with Gasteiger partial charge in [-0.15, -0.1) is 13.2 Å². The molecular formula is C35H41ClN2O6. The van der Waals surface area contributed by atoms with Gasteiger partial charge in [-0.2, -0.15) is 0 Å². The second-order valence-electron chi connectivity index (χ2n) is 11.9. The molecule has 0 aliphatic carbocycles. The third-order valence-corrected chi connectivity index (χ3v) is 9.79. The van der Waals surface area contributed by atoms with Crippen LogP contribution in [0.3, 0.4) is 0 Å². The van der Waals surface area contributed by atoms with E-state index in [0.717, 1.165) is 5.56 Å². The molecule has 5 rings (SSSR count). The number of benzene rings is 2. The number of aliphatic hydroxyl groups excluding tert-OH is 1. The van der Waals surface area contributed by atoms with E-state index in [4.69, 9.17) is 21.1 Å². The van der Waals surface area contributed by atoms with Crippen LogP contribution in [0.5, 0.6) is 0 Å². The van der Waals surface area contributed by atoms with E-state index in [1.165, 1.54) is 4.90 Å². The zero-order valence-electron chi connectivity index (χ0n) is 25.2. The van der Waals surface area contributed by atoms with Gasteiger partial charge >= 0.3 is 5.97 Å². The average Bonchev–Trinajstić information content (AvgIpc) is 3.65. The summed E-state index contributed by atoms with van der Waals surface area (Å²) in [5, 5.41) is 11.3. The lowest BCUT2D eigenvalue weighted by atomic mass is 9.65. The number of carbonyl (C=O) groups is 3. The summed E-state index contributed by atoms with van der Waals surface area (Å²) in [6, 6.07) is 14.6. The molecule has 1 spiro atoms. The van der Waals surface area contributed by atoms with Crippen LogP contribution >= 0.6 is 11.6 Å². The molecule has 0 aromatic heterocycles. The fourth-order valence-corrected chi connectivity index (χ4v) is 7.66. The number of esters is 1. The number of halogens is 1. The van der Waals surface area contributed by atoms with Crippen molar-refractivity contribution in [3.63, 3.8) is 0 Å². The number of aliphatic hydroxyl groups is 1. The van der Waals surface area contributed by atoms with Crippen LogP contribution in [-0.2, 0) is 30.3 Å². The zero-order valence-corrected chi connectivity index (χ0v) is 26.0. The lowest BCUT2D eigenvalue weighted by molar-refractivity contribution is -0.162. The van der Waals surface area contributed by atoms with Crippen molar-refractivity contribution in [2.45, 2.75) is 68.7 Å². The first-order valence-corrected chi connectivity index (χ1v) is 15.8. The number of allylic oxidation sites excluding steroid dienone is 1. The van der Waals surface area contributed by atoms with Crippen molar-refractivity contribution in [3.05, 3.63) is 90.5 Å². The predicted molar refractivity (Wildman–Crippen MR) is 169 cm³/mol. The highest BCUT2D eigenvalue weighted by molar-refractivity contribution is 6.30. The molecule has 3 aliphatic heterocycles. The molecule has 1 N–H and O–H groups in total. The minimum absolute atomic E-state index is 0.177. The van der Waals surface area contributed by atoms with E-state index in [1.807, 2.05) is 37.3 Å². The van der Waals surface area contributed by atoms with Crippen LogP contribution < -0.4 is 4.90 Å². The van der Waals surface area contributed by atoms with Crippen LogP contribution in [0.15, 0.2) is 79.9 Å². The number of rotatable bonds is 14. The SMILES string of the molecule is C=CCCCOC(=O)[C@@H]1[C@H]2C(=O)N([C@@H](CO)Cc3ccccc3)C(C(=O)N(CC=C)c3ccc(Cl)cc3)C23CC[C@@]1(CC)O3. The molecule has 8 nitrogen and oxygen atoms in total. The summed E-state index contributed by atoms with van der Waals surface area (Å²) in [5.41, 5.74) is -0.677. The molecule has 0 saturated carbocycles. The maximum atomic E-state index is 14.9. The molecule has 3 aliphatic rings. The van der Waals surface area contributed by atoms with Gasteiger partial charge in [-0.05, 0) is 68.4 Å². The Morgan fingerprint density at radius 3 is 2.52 bits per heavy atom. The van der Waals surface area contributed by atoms with Crippen molar-refractivity contribution in [2.24, 2.45) is 11.8 Å². The van der Waals surface area contributed by atoms with Gasteiger partial charge in [0.15, 0.2) is 0 Å². The molecule has 9 heteroatoms. The highest BCUT2D eigenvalue weighted by Crippen LogP contribution is 2.65. The Hall–Kier alpha value is -3.46. The van der Waals surface area contributed by atoms with E-state index >= 15 is 0 Å². The molecular weight excluding hydrogens is 580 g/mol. The second-order valence-corrected chi connectivity index (χ2v) is 12.4. The van der Waals surface area contributed by atoms with Crippen LogP contribution in [0.2, 0.25) is 5.02 Å². The fraction of sp³-hybridized carbons (Fsp3) is 0.457. The topological polar surface area (TPSA) is 96.4 Å². The van der Waals surface area contributed by atoms with Gasteiger partial charge in [0.05, 0.1) is 30.8 Å². The van der Waals surface area contributed by atoms with Crippen LogP contribution in [0, 0.1) is 11.8 Å². The Balaban J connectivity index is 1.60. The fourth-order valence-electron chi connectivity index (χ4n) is 7.53. The number of unbranched alkanes of at least 4 members (excludes halogenated alkanes) is 1. The van der Waals surface area contributed by atoms with Gasteiger partial charge in [0.2, 0.25) is 5.91 Å². The lowest BCUT2D eigenvalue weighted by Gasteiger charge is -2.39. The highest BCUT2D eigenvalue weighted by atomic mass is 35.5. The molecule has 2 bridgehead atoms. The zero-order chi connectivity index (χ0) is 31.5. The largest absolute Gasteiger partial charge is 0.465 e. The van der Waals surface area contributed by atoms with Gasteiger partial charge in [-0.3, -0.25) is 14.4 Å². The molecule has 3 saturated heterocycles. The van der Waals surface area contributed by atoms with Crippen LogP contribution in [0.1, 0.15) is 44.6 Å². The number of ether oxygens (including phenoxy) is 2. The van der Waals surface area contributed by atoms with E-state index in [9.17, 15) is 19.5 Å². The van der Waals surface area contributed by atoms with Crippen LogP contribution in [0.25, 0.3) is 0 Å². The predicted octanol–water partition coefficient (Wildman–Crippen LogP) is 5.13. The summed E-state index contributed by atoms with van der Waals surface area (Å²) >= 11 is 6.16. The Labute approximate surface area is 264 Å². The van der Waals surface area contributed by atoms with E-state index < -0.39 is 41.1 Å². The van der Waals surface area contributed by atoms with Crippen molar-refractivity contribution in [1.82, 2.24) is 4.90 Å². The van der Waals surface area contributed by atoms with Gasteiger partial charge < -0.3 is 24.4 Å². The molecule has 2 amide bonds. The first-order valence-electron chi connectivity index (χ1n) is 15.4. The molecule has 3 fully saturated rings. The van der Waals surface area contributed by atoms with Crippen molar-refractivity contribution < 1.29 is 29.0 Å². The summed E-state index contributed by atoms with van der Waals surface area (Å²) in [6.45, 7) is 9.55. The van der Waals surface area contributed by atoms with E-state index in [0.29, 0.717) is 49.2 Å². The van der Waals surface area contributed by atoms with Crippen LogP contribution in [-0.4, -0.2) is 70.8 Å². The maximum absolute atomic E-state index is 14.9. The summed E-state index contributed by atoms with van der Waals surface area (Å²) in [6.07, 6.45) is 6.48. The van der Waals surface area contributed by atoms with Gasteiger partial charge in [-0.1, -0.05) is 61.0 Å². The summed E-state index contributed by atoms with van der Waals surface area (Å²) in [4.78, 5) is 46.4. The summed E-state index contributed by atoms with van der Waals surface area (Å²) in [5.74, 6) is -2.99. The van der Waals surface area contributed by atoms with E-state index in [2.05, 4.69) is 13.2 Å². The number of hydrogen-bond acceptors (Lipinski definition) is 6. The number of fused-ring (bicyclic) bond motifs is 1. The smallest absolute Gasteiger partial charge is 0.312 e. The lowest BCUT2D eigenvalue weighted by Crippen LogP contribution is -2.59. The monoisotopic (exact) mass is 620 g/mol. The molecule has 44 heavy (non-hydrogen) atoms. The molecule has 2 aromatic rings. The maximum Gasteiger partial charge on any atom is 0.312 e. The Kier molecular flexibility index (Phi) is 9.63. The van der Waals surface area contributed by atoms with Crippen LogP contribution in [0.4, 0.5) is 5.69 Å². The summed E-state index contributed by atoms with van der Waals surface area (Å²) < 4.78 is 12.6. The number of amides is 2. The summed E-state index contributed by atoms with van der Waals surface area (Å²) in [7, 11) is 0. The molecule has 3 heterocycles. The van der Waals surface area contributed by atoms with Crippen molar-refractivity contribution in [1.29, 1.82) is 0 Å². The van der Waals surface area contributed by atoms with Gasteiger partial charge in [-0.25, -0.2) is 0 Å². The molecule has 6 atom stereocenters. The number of carbonyl (C=O) groups excluding carboxylic acids is 3. The standard InChI is InChI=1S/C35H41ClN2O6/c1-4-7-11-21-43-33(42)29-28-31(40)38(27(23-39)22-24-12-9-8-10-13-24)30(35(28)19-18-34(29,6-3)44-35)32(41)37(20-5-2)26-16-14-25(36)15-17-26/h4-5,8-10,12-17,27-30,39H,1-2,6-7,11,18-23H2,3H3/t27-,28+,29+,30?,34-,35?/m1/s1. The van der Waals surface area contributed by atoms with Crippen molar-refractivity contribution >= 4 is 35.1 Å². The Morgan fingerprint density at radius 1 is 1.16 bits per heavy atom. The second kappa shape index (κ2) is 13.3. The Morgan fingerprint density at radius 2 is 1.89 bits per heavy atom. The normalized spacial score (nSPS) is 27.6. The van der Waals surface area contributed by atoms with Gasteiger partial charge in [0.1, 0.15) is 17.6 Å². The number of hydrogen-bond donors (Lipinski definition) is 1. The van der Waals surface area contributed by atoms with E-state index in [-0.39, 0.29) is 31.6 Å². The molecule has 2 unspecified atom stereocenters. The number of nitrogens with zero attached hydrogens (tertiary/aromatic N) is 2. The van der Waals surface area contributed by atoms with E-state index in [1.54, 1.807) is 41.3 Å². The minimum atomic E-state index is -1.26. The quantitative estimate of drug-likeness (QED) is 0.179. The number of likely N-dealkylation sites (tertiary alicyclic amines) is 1. The average molecular weight is 621 g/mol.